The molecule has 0 fully saturated rings. The first-order valence-electron chi connectivity index (χ1n) is 6.45. The summed E-state index contributed by atoms with van der Waals surface area (Å²) in [6.07, 6.45) is 2.21. The number of urea groups is 1. The number of aliphatic hydroxyl groups excluding tert-OH is 1. The van der Waals surface area contributed by atoms with Gasteiger partial charge < -0.3 is 10.4 Å². The number of carbonyl (C=O) groups excluding carboxylic acids is 2. The Bertz CT molecular complexity index is 255. The van der Waals surface area contributed by atoms with Crippen LogP contribution in [-0.2, 0) is 4.79 Å². The van der Waals surface area contributed by atoms with Crippen molar-refractivity contribution in [1.29, 1.82) is 0 Å². The van der Waals surface area contributed by atoms with E-state index in [2.05, 4.69) is 29.4 Å². The number of hydrogen-bond donors (Lipinski definition) is 3. The highest BCUT2D eigenvalue weighted by atomic mass is 16.3. The summed E-state index contributed by atoms with van der Waals surface area (Å²) >= 11 is 0. The van der Waals surface area contributed by atoms with Crippen molar-refractivity contribution in [3.8, 4) is 0 Å². The molecule has 0 atom stereocenters. The SMILES string of the molecule is CCC(CC)N(CCO)CCC(=O)NC(=O)NC. The molecule has 3 amide bonds. The van der Waals surface area contributed by atoms with E-state index in [0.29, 0.717) is 19.1 Å². The van der Waals surface area contributed by atoms with Crippen molar-refractivity contribution in [3.05, 3.63) is 0 Å². The first kappa shape index (κ1) is 16.9. The Morgan fingerprint density at radius 1 is 1.22 bits per heavy atom. The van der Waals surface area contributed by atoms with Gasteiger partial charge in [0.25, 0.3) is 0 Å². The van der Waals surface area contributed by atoms with Gasteiger partial charge in [0.1, 0.15) is 0 Å². The summed E-state index contributed by atoms with van der Waals surface area (Å²) in [4.78, 5) is 24.5. The third-order valence-electron chi connectivity index (χ3n) is 2.95. The predicted octanol–water partition coefficient (Wildman–Crippen LogP) is 0.315. The summed E-state index contributed by atoms with van der Waals surface area (Å²) in [5, 5.41) is 13.6. The highest BCUT2D eigenvalue weighted by Gasteiger charge is 2.16. The van der Waals surface area contributed by atoms with Crippen molar-refractivity contribution in [2.75, 3.05) is 26.7 Å². The van der Waals surface area contributed by atoms with E-state index in [1.165, 1.54) is 7.05 Å². The second-order valence-corrected chi connectivity index (χ2v) is 4.11. The Kier molecular flexibility index (Phi) is 9.22. The molecule has 0 spiro atoms. The van der Waals surface area contributed by atoms with E-state index in [1.54, 1.807) is 0 Å². The monoisotopic (exact) mass is 259 g/mol. The summed E-state index contributed by atoms with van der Waals surface area (Å²) < 4.78 is 0. The number of hydrogen-bond acceptors (Lipinski definition) is 4. The molecule has 0 aromatic rings. The lowest BCUT2D eigenvalue weighted by atomic mass is 10.1. The summed E-state index contributed by atoms with van der Waals surface area (Å²) in [7, 11) is 1.46. The van der Waals surface area contributed by atoms with Crippen LogP contribution in [0.15, 0.2) is 0 Å². The van der Waals surface area contributed by atoms with Crippen molar-refractivity contribution in [2.24, 2.45) is 0 Å². The summed E-state index contributed by atoms with van der Waals surface area (Å²) in [6, 6.07) is -0.124. The molecule has 0 radical (unpaired) electrons. The summed E-state index contributed by atoms with van der Waals surface area (Å²) in [6.45, 7) is 5.36. The highest BCUT2D eigenvalue weighted by molar-refractivity contribution is 5.94. The van der Waals surface area contributed by atoms with Crippen molar-refractivity contribution < 1.29 is 14.7 Å². The van der Waals surface area contributed by atoms with Gasteiger partial charge in [0, 0.05) is 32.6 Å². The fourth-order valence-electron chi connectivity index (χ4n) is 1.91. The van der Waals surface area contributed by atoms with Gasteiger partial charge in [-0.15, -0.1) is 0 Å². The molecule has 0 saturated heterocycles. The number of imide groups is 1. The number of rotatable bonds is 8. The van der Waals surface area contributed by atoms with Crippen LogP contribution in [0, 0.1) is 0 Å². The van der Waals surface area contributed by atoms with Gasteiger partial charge in [-0.2, -0.15) is 0 Å². The lowest BCUT2D eigenvalue weighted by Gasteiger charge is -2.29. The zero-order valence-corrected chi connectivity index (χ0v) is 11.5. The summed E-state index contributed by atoms with van der Waals surface area (Å²) in [5.41, 5.74) is 0. The Balaban J connectivity index is 4.17. The van der Waals surface area contributed by atoms with E-state index in [0.717, 1.165) is 12.8 Å². The van der Waals surface area contributed by atoms with Crippen LogP contribution in [0.1, 0.15) is 33.1 Å². The molecule has 0 heterocycles. The van der Waals surface area contributed by atoms with Crippen LogP contribution in [-0.4, -0.2) is 54.7 Å². The number of carbonyl (C=O) groups is 2. The average Bonchev–Trinajstić information content (AvgIpc) is 2.37. The van der Waals surface area contributed by atoms with Gasteiger partial charge in [0.05, 0.1) is 6.61 Å². The quantitative estimate of drug-likeness (QED) is 0.586. The molecule has 0 aliphatic heterocycles. The molecule has 18 heavy (non-hydrogen) atoms. The number of amides is 3. The van der Waals surface area contributed by atoms with E-state index < -0.39 is 6.03 Å². The molecule has 0 bridgehead atoms. The number of aliphatic hydroxyl groups is 1. The fraction of sp³-hybridized carbons (Fsp3) is 0.833. The molecule has 0 saturated carbocycles. The molecule has 6 heteroatoms. The lowest BCUT2D eigenvalue weighted by Crippen LogP contribution is -2.42. The van der Waals surface area contributed by atoms with Gasteiger partial charge in [-0.25, -0.2) is 4.79 Å². The highest BCUT2D eigenvalue weighted by Crippen LogP contribution is 2.08. The largest absolute Gasteiger partial charge is 0.395 e. The zero-order chi connectivity index (χ0) is 14.0. The molecule has 3 N–H and O–H groups in total. The van der Waals surface area contributed by atoms with E-state index in [4.69, 9.17) is 5.11 Å². The second-order valence-electron chi connectivity index (χ2n) is 4.11. The zero-order valence-electron chi connectivity index (χ0n) is 11.5. The van der Waals surface area contributed by atoms with Gasteiger partial charge in [0.2, 0.25) is 5.91 Å². The Hall–Kier alpha value is -1.14. The van der Waals surface area contributed by atoms with Gasteiger partial charge in [-0.05, 0) is 12.8 Å². The van der Waals surface area contributed by atoms with Crippen LogP contribution in [0.4, 0.5) is 4.79 Å². The van der Waals surface area contributed by atoms with Crippen molar-refractivity contribution in [2.45, 2.75) is 39.2 Å². The van der Waals surface area contributed by atoms with E-state index >= 15 is 0 Å². The van der Waals surface area contributed by atoms with Crippen LogP contribution in [0.25, 0.3) is 0 Å². The number of nitrogens with one attached hydrogen (secondary N) is 2. The van der Waals surface area contributed by atoms with Crippen LogP contribution >= 0.6 is 0 Å². The molecule has 106 valence electrons. The van der Waals surface area contributed by atoms with Crippen LogP contribution < -0.4 is 10.6 Å². The maximum atomic E-state index is 11.5. The minimum atomic E-state index is -0.490. The molecular formula is C12H25N3O3. The van der Waals surface area contributed by atoms with E-state index in [1.807, 2.05) is 0 Å². The third kappa shape index (κ3) is 6.56. The van der Waals surface area contributed by atoms with Crippen molar-refractivity contribution in [3.63, 3.8) is 0 Å². The first-order valence-corrected chi connectivity index (χ1v) is 6.45. The van der Waals surface area contributed by atoms with Crippen LogP contribution in [0.5, 0.6) is 0 Å². The Morgan fingerprint density at radius 3 is 2.28 bits per heavy atom. The molecule has 0 aromatic carbocycles. The van der Waals surface area contributed by atoms with Crippen LogP contribution in [0.3, 0.4) is 0 Å². The molecule has 0 aromatic heterocycles. The fourth-order valence-corrected chi connectivity index (χ4v) is 1.91. The average molecular weight is 259 g/mol. The first-order chi connectivity index (χ1) is 8.58. The van der Waals surface area contributed by atoms with Gasteiger partial charge in [0.15, 0.2) is 0 Å². The summed E-state index contributed by atoms with van der Waals surface area (Å²) in [5.74, 6) is -0.303. The minimum Gasteiger partial charge on any atom is -0.395 e. The molecule has 0 aliphatic rings. The van der Waals surface area contributed by atoms with Gasteiger partial charge in [-0.3, -0.25) is 15.0 Å². The lowest BCUT2D eigenvalue weighted by molar-refractivity contribution is -0.120. The molecule has 0 unspecified atom stereocenters. The minimum absolute atomic E-state index is 0.0769. The molecule has 0 rings (SSSR count). The van der Waals surface area contributed by atoms with Crippen molar-refractivity contribution >= 4 is 11.9 Å². The maximum Gasteiger partial charge on any atom is 0.321 e. The molecule has 0 aliphatic carbocycles. The number of nitrogens with zero attached hydrogens (tertiary/aromatic N) is 1. The molecule has 6 nitrogen and oxygen atoms in total. The Labute approximate surface area is 109 Å². The van der Waals surface area contributed by atoms with E-state index in [-0.39, 0.29) is 18.9 Å². The maximum absolute atomic E-state index is 11.5. The standard InChI is InChI=1S/C12H25N3O3/c1-4-10(5-2)15(8-9-16)7-6-11(17)14-12(18)13-3/h10,16H,4-9H2,1-3H3,(H2,13,14,17,18). The predicted molar refractivity (Wildman–Crippen MR) is 70.2 cm³/mol. The van der Waals surface area contributed by atoms with Crippen molar-refractivity contribution in [1.82, 2.24) is 15.5 Å². The van der Waals surface area contributed by atoms with Gasteiger partial charge in [-0.1, -0.05) is 13.8 Å². The smallest absolute Gasteiger partial charge is 0.321 e. The van der Waals surface area contributed by atoms with E-state index in [9.17, 15) is 9.59 Å². The third-order valence-corrected chi connectivity index (χ3v) is 2.95. The molecular weight excluding hydrogens is 234 g/mol. The van der Waals surface area contributed by atoms with Crippen LogP contribution in [0.2, 0.25) is 0 Å². The van der Waals surface area contributed by atoms with Gasteiger partial charge >= 0.3 is 6.03 Å². The Morgan fingerprint density at radius 2 is 1.83 bits per heavy atom. The second kappa shape index (κ2) is 9.85. The topological polar surface area (TPSA) is 81.7 Å². The normalized spacial score (nSPS) is 10.8.